The molecule has 3 aromatic heterocycles. The summed E-state index contributed by atoms with van der Waals surface area (Å²) in [4.78, 5) is 30.1. The van der Waals surface area contributed by atoms with Crippen molar-refractivity contribution in [3.05, 3.63) is 54.9 Å². The molecule has 1 amide bonds. The molecule has 1 unspecified atom stereocenters. The molecule has 0 N–H and O–H groups in total. The van der Waals surface area contributed by atoms with Gasteiger partial charge in [0.05, 0.1) is 18.1 Å². The lowest BCUT2D eigenvalue weighted by Crippen LogP contribution is -2.28. The van der Waals surface area contributed by atoms with Crippen molar-refractivity contribution in [2.24, 2.45) is 7.05 Å². The Morgan fingerprint density at radius 3 is 2.58 bits per heavy atom. The van der Waals surface area contributed by atoms with Gasteiger partial charge >= 0.3 is 10.3 Å². The first-order valence-corrected chi connectivity index (χ1v) is 8.13. The molecule has 0 spiro atoms. The second-order valence-electron chi connectivity index (χ2n) is 4.86. The van der Waals surface area contributed by atoms with Gasteiger partial charge in [0.2, 0.25) is 0 Å². The molecule has 0 saturated carbocycles. The van der Waals surface area contributed by atoms with Crippen LogP contribution in [0.5, 0.6) is 0 Å². The maximum absolute atomic E-state index is 12.6. The van der Waals surface area contributed by atoms with E-state index in [2.05, 4.69) is 19.9 Å². The van der Waals surface area contributed by atoms with E-state index >= 15 is 0 Å². The van der Waals surface area contributed by atoms with Gasteiger partial charge in [0.25, 0.3) is 5.91 Å². The number of imidazole rings is 1. The van der Waals surface area contributed by atoms with Gasteiger partial charge in [-0.15, -0.1) is 0 Å². The highest BCUT2D eigenvalue weighted by Crippen LogP contribution is 2.19. The molecule has 0 aliphatic carbocycles. The lowest BCUT2D eigenvalue weighted by molar-refractivity contribution is 0.0984. The second-order valence-corrected chi connectivity index (χ2v) is 6.13. The summed E-state index contributed by atoms with van der Waals surface area (Å²) in [6.45, 7) is 0. The van der Waals surface area contributed by atoms with Crippen LogP contribution in [0.15, 0.2) is 59.5 Å². The van der Waals surface area contributed by atoms with Gasteiger partial charge in [-0.2, -0.15) is 15.0 Å². The van der Waals surface area contributed by atoms with Crippen molar-refractivity contribution in [1.29, 1.82) is 0 Å². The number of hydrogen-bond acceptors (Lipinski definition) is 6. The molecule has 3 aromatic rings. The maximum Gasteiger partial charge on any atom is 0.351 e. The first kappa shape index (κ1) is 16.1. The Morgan fingerprint density at radius 1 is 1.17 bits per heavy atom. The fourth-order valence-electron chi connectivity index (χ4n) is 2.07. The van der Waals surface area contributed by atoms with Gasteiger partial charge in [0.1, 0.15) is 16.9 Å². The number of carbonyl (C=O) groups excluding carboxylic acids is 1. The normalized spacial score (nSPS) is 12.0. The van der Waals surface area contributed by atoms with E-state index in [9.17, 15) is 9.35 Å². The fourth-order valence-corrected chi connectivity index (χ4v) is 3.04. The Labute approximate surface area is 141 Å². The third kappa shape index (κ3) is 2.99. The number of aromatic nitrogens is 5. The minimum Gasteiger partial charge on any atom is -0.601 e. The Kier molecular flexibility index (Phi) is 4.54. The third-order valence-electron chi connectivity index (χ3n) is 3.38. The summed E-state index contributed by atoms with van der Waals surface area (Å²) in [5.41, 5.74) is 0.957. The highest BCUT2D eigenvalue weighted by Gasteiger charge is 2.28. The first-order chi connectivity index (χ1) is 11.6. The molecule has 0 aliphatic rings. The standard InChI is InChI=1S/C15H14N6O2S/c1-20(11-5-3-6-16-9-11)13(22)12-10-19-15(21(12)2)24(23)14-17-7-4-8-18-14/h3-10H,1-2H3. The fraction of sp³-hybridized carbons (Fsp3) is 0.133. The van der Waals surface area contributed by atoms with Gasteiger partial charge in [-0.25, -0.2) is 0 Å². The third-order valence-corrected chi connectivity index (χ3v) is 4.63. The topological polar surface area (TPSA) is 99.9 Å². The van der Waals surface area contributed by atoms with Gasteiger partial charge in [0.15, 0.2) is 0 Å². The van der Waals surface area contributed by atoms with Crippen molar-refractivity contribution in [3.63, 3.8) is 0 Å². The lowest BCUT2D eigenvalue weighted by atomic mass is 10.3. The molecule has 0 saturated heterocycles. The molecular formula is C15H14N6O2S. The van der Waals surface area contributed by atoms with E-state index in [1.165, 1.54) is 28.1 Å². The van der Waals surface area contributed by atoms with E-state index in [1.54, 1.807) is 44.7 Å². The smallest absolute Gasteiger partial charge is 0.351 e. The molecule has 24 heavy (non-hydrogen) atoms. The minimum absolute atomic E-state index is 0.144. The molecule has 9 heteroatoms. The molecule has 122 valence electrons. The van der Waals surface area contributed by atoms with Crippen molar-refractivity contribution >= 4 is 22.8 Å². The first-order valence-electron chi connectivity index (χ1n) is 6.98. The predicted octanol–water partition coefficient (Wildman–Crippen LogP) is 1.05. The Morgan fingerprint density at radius 2 is 1.92 bits per heavy atom. The number of hydrogen-bond donors (Lipinski definition) is 0. The Balaban J connectivity index is 1.89. The number of anilines is 1. The van der Waals surface area contributed by atoms with Crippen LogP contribution in [-0.2, 0) is 18.2 Å². The summed E-state index contributed by atoms with van der Waals surface area (Å²) < 4.78 is 14.0. The van der Waals surface area contributed by atoms with Crippen LogP contribution in [0.2, 0.25) is 0 Å². The molecule has 3 heterocycles. The number of carbonyl (C=O) groups is 1. The number of rotatable bonds is 4. The minimum atomic E-state index is -1.67. The van der Waals surface area contributed by atoms with E-state index < -0.39 is 11.2 Å². The van der Waals surface area contributed by atoms with Crippen molar-refractivity contribution in [2.45, 2.75) is 10.3 Å². The monoisotopic (exact) mass is 342 g/mol. The van der Waals surface area contributed by atoms with E-state index in [0.717, 1.165) is 0 Å². The number of amides is 1. The largest absolute Gasteiger partial charge is 0.601 e. The van der Waals surface area contributed by atoms with Crippen LogP contribution in [0.1, 0.15) is 10.5 Å². The molecule has 0 aliphatic heterocycles. The zero-order chi connectivity index (χ0) is 17.1. The molecule has 1 atom stereocenters. The maximum atomic E-state index is 12.6. The van der Waals surface area contributed by atoms with Crippen LogP contribution in [0.3, 0.4) is 0 Å². The zero-order valence-corrected chi connectivity index (χ0v) is 13.8. The summed E-state index contributed by atoms with van der Waals surface area (Å²) in [5, 5.41) is 0.356. The Hall–Kier alpha value is -2.78. The molecule has 0 radical (unpaired) electrons. The van der Waals surface area contributed by atoms with Crippen LogP contribution in [0.25, 0.3) is 0 Å². The Bertz CT molecular complexity index is 840. The average Bonchev–Trinajstić information content (AvgIpc) is 3.02. The van der Waals surface area contributed by atoms with Crippen LogP contribution in [0.4, 0.5) is 5.69 Å². The quantitative estimate of drug-likeness (QED) is 0.519. The van der Waals surface area contributed by atoms with Crippen molar-refractivity contribution in [3.8, 4) is 0 Å². The molecule has 0 fully saturated rings. The summed E-state index contributed by atoms with van der Waals surface area (Å²) in [6.07, 6.45) is 7.63. The second kappa shape index (κ2) is 6.77. The summed E-state index contributed by atoms with van der Waals surface area (Å²) in [7, 11) is 3.27. The van der Waals surface area contributed by atoms with Gasteiger partial charge in [0, 0.05) is 32.7 Å². The highest BCUT2D eigenvalue weighted by molar-refractivity contribution is 7.91. The predicted molar refractivity (Wildman–Crippen MR) is 86.9 cm³/mol. The molecular weight excluding hydrogens is 328 g/mol. The van der Waals surface area contributed by atoms with Crippen LogP contribution in [-0.4, -0.2) is 42.0 Å². The van der Waals surface area contributed by atoms with Crippen molar-refractivity contribution in [1.82, 2.24) is 24.5 Å². The highest BCUT2D eigenvalue weighted by atomic mass is 32.2. The van der Waals surface area contributed by atoms with Crippen molar-refractivity contribution in [2.75, 3.05) is 11.9 Å². The van der Waals surface area contributed by atoms with E-state index in [-0.39, 0.29) is 16.2 Å². The van der Waals surface area contributed by atoms with Crippen molar-refractivity contribution < 1.29 is 9.35 Å². The van der Waals surface area contributed by atoms with Gasteiger partial charge in [-0.3, -0.25) is 14.3 Å². The summed E-state index contributed by atoms with van der Waals surface area (Å²) in [6, 6.07) is 5.16. The molecule has 3 rings (SSSR count). The SMILES string of the molecule is CN(C(=O)c1cnc([S+]([O-])c2ncccn2)n1C)c1cccnc1. The summed E-state index contributed by atoms with van der Waals surface area (Å²) >= 11 is -1.67. The van der Waals surface area contributed by atoms with Gasteiger partial charge in [-0.1, -0.05) is 0 Å². The van der Waals surface area contributed by atoms with Gasteiger partial charge < -0.3 is 9.45 Å². The number of pyridine rings is 1. The van der Waals surface area contributed by atoms with E-state index in [1.807, 2.05) is 0 Å². The summed E-state index contributed by atoms with van der Waals surface area (Å²) in [5.74, 6) is -0.282. The van der Waals surface area contributed by atoms with Gasteiger partial charge in [-0.05, 0) is 18.2 Å². The average molecular weight is 342 g/mol. The van der Waals surface area contributed by atoms with E-state index in [4.69, 9.17) is 0 Å². The molecule has 8 nitrogen and oxygen atoms in total. The van der Waals surface area contributed by atoms with Crippen LogP contribution >= 0.6 is 0 Å². The van der Waals surface area contributed by atoms with Crippen LogP contribution < -0.4 is 4.90 Å². The molecule has 0 bridgehead atoms. The lowest BCUT2D eigenvalue weighted by Gasteiger charge is -2.16. The van der Waals surface area contributed by atoms with E-state index in [0.29, 0.717) is 11.4 Å². The zero-order valence-electron chi connectivity index (χ0n) is 13.0. The van der Waals surface area contributed by atoms with Crippen LogP contribution in [0, 0.1) is 0 Å². The number of nitrogens with zero attached hydrogens (tertiary/aromatic N) is 6. The molecule has 0 aromatic carbocycles.